The number of esters is 1. The zero-order valence-corrected chi connectivity index (χ0v) is 12.8. The second-order valence-electron chi connectivity index (χ2n) is 5.12. The summed E-state index contributed by atoms with van der Waals surface area (Å²) in [5.74, 6) is 1.82. The van der Waals surface area contributed by atoms with E-state index in [2.05, 4.69) is 10.3 Å². The Bertz CT molecular complexity index is 416. The Kier molecular flexibility index (Phi) is 6.15. The first-order valence-electron chi connectivity index (χ1n) is 6.39. The molecule has 1 rings (SSSR count). The first kappa shape index (κ1) is 15.8. The van der Waals surface area contributed by atoms with Gasteiger partial charge in [-0.25, -0.2) is 4.98 Å². The highest BCUT2D eigenvalue weighted by molar-refractivity contribution is 7.99. The smallest absolute Gasteiger partial charge is 0.316 e. The predicted octanol–water partition coefficient (Wildman–Crippen LogP) is 3.09. The zero-order valence-electron chi connectivity index (χ0n) is 12.0. The summed E-state index contributed by atoms with van der Waals surface area (Å²) in [5, 5.41) is 3.21. The Hall–Kier alpha value is -1.23. The van der Waals surface area contributed by atoms with Gasteiger partial charge in [0.15, 0.2) is 0 Å². The van der Waals surface area contributed by atoms with Gasteiger partial charge < -0.3 is 10.1 Å². The number of carbonyl (C=O) groups is 1. The van der Waals surface area contributed by atoms with Gasteiger partial charge in [-0.15, -0.1) is 11.8 Å². The molecule has 0 saturated carbocycles. The molecule has 0 amide bonds. The Morgan fingerprint density at radius 1 is 1.47 bits per heavy atom. The van der Waals surface area contributed by atoms with E-state index in [4.69, 9.17) is 4.74 Å². The van der Waals surface area contributed by atoms with Crippen LogP contribution in [-0.2, 0) is 15.3 Å². The molecule has 0 saturated heterocycles. The van der Waals surface area contributed by atoms with Gasteiger partial charge in [0, 0.05) is 24.1 Å². The van der Waals surface area contributed by atoms with E-state index in [-0.39, 0.29) is 5.97 Å². The van der Waals surface area contributed by atoms with E-state index in [1.807, 2.05) is 39.8 Å². The molecule has 0 fully saturated rings. The number of aromatic nitrogens is 1. The minimum absolute atomic E-state index is 0.175. The van der Waals surface area contributed by atoms with Gasteiger partial charge in [0.05, 0.1) is 5.75 Å². The normalized spacial score (nSPS) is 11.2. The second-order valence-corrected chi connectivity index (χ2v) is 6.11. The summed E-state index contributed by atoms with van der Waals surface area (Å²) in [5.41, 5.74) is 0.693. The molecule has 1 aromatic heterocycles. The van der Waals surface area contributed by atoms with Crippen LogP contribution in [-0.4, -0.2) is 28.9 Å². The lowest BCUT2D eigenvalue weighted by Crippen LogP contribution is -2.24. The van der Waals surface area contributed by atoms with Gasteiger partial charge in [0.1, 0.15) is 11.4 Å². The van der Waals surface area contributed by atoms with Crippen LogP contribution in [0.5, 0.6) is 0 Å². The van der Waals surface area contributed by atoms with Crippen LogP contribution in [0.3, 0.4) is 0 Å². The van der Waals surface area contributed by atoms with Gasteiger partial charge in [0.2, 0.25) is 0 Å². The number of carbonyl (C=O) groups excluding carboxylic acids is 1. The quantitative estimate of drug-likeness (QED) is 0.813. The third kappa shape index (κ3) is 6.47. The summed E-state index contributed by atoms with van der Waals surface area (Å²) >= 11 is 1.54. The van der Waals surface area contributed by atoms with E-state index in [9.17, 15) is 4.79 Å². The average Bonchev–Trinajstić information content (AvgIpc) is 2.29. The van der Waals surface area contributed by atoms with Crippen LogP contribution in [0, 0.1) is 0 Å². The van der Waals surface area contributed by atoms with Crippen molar-refractivity contribution in [1.82, 2.24) is 4.98 Å². The monoisotopic (exact) mass is 282 g/mol. The summed E-state index contributed by atoms with van der Waals surface area (Å²) < 4.78 is 5.26. The molecule has 0 bridgehead atoms. The van der Waals surface area contributed by atoms with E-state index < -0.39 is 5.60 Å². The number of hydrogen-bond acceptors (Lipinski definition) is 5. The van der Waals surface area contributed by atoms with Gasteiger partial charge in [-0.05, 0) is 33.8 Å². The molecule has 1 heterocycles. The van der Waals surface area contributed by atoms with E-state index >= 15 is 0 Å². The van der Waals surface area contributed by atoms with Crippen molar-refractivity contribution in [2.24, 2.45) is 0 Å². The standard InChI is InChI=1S/C14H22N2O2S/c1-5-15-13-11(7-6-8-16-13)9-19-10-12(17)18-14(2,3)4/h6-8H,5,9-10H2,1-4H3,(H,15,16). The topological polar surface area (TPSA) is 51.2 Å². The molecule has 0 aliphatic rings. The van der Waals surface area contributed by atoms with E-state index in [1.54, 1.807) is 18.0 Å². The molecule has 0 aliphatic heterocycles. The number of rotatable bonds is 6. The highest BCUT2D eigenvalue weighted by atomic mass is 32.2. The van der Waals surface area contributed by atoms with Crippen molar-refractivity contribution < 1.29 is 9.53 Å². The van der Waals surface area contributed by atoms with Crippen molar-refractivity contribution in [3.63, 3.8) is 0 Å². The molecule has 0 unspecified atom stereocenters. The maximum atomic E-state index is 11.6. The molecule has 106 valence electrons. The predicted molar refractivity (Wildman–Crippen MR) is 80.4 cm³/mol. The number of nitrogens with one attached hydrogen (secondary N) is 1. The average molecular weight is 282 g/mol. The fourth-order valence-corrected chi connectivity index (χ4v) is 2.28. The van der Waals surface area contributed by atoms with Crippen LogP contribution in [0.2, 0.25) is 0 Å². The zero-order chi connectivity index (χ0) is 14.3. The number of hydrogen-bond donors (Lipinski definition) is 1. The van der Waals surface area contributed by atoms with Gasteiger partial charge in [-0.3, -0.25) is 4.79 Å². The van der Waals surface area contributed by atoms with Crippen LogP contribution in [0.1, 0.15) is 33.3 Å². The number of anilines is 1. The third-order valence-electron chi connectivity index (χ3n) is 2.13. The molecular weight excluding hydrogens is 260 g/mol. The van der Waals surface area contributed by atoms with Crippen molar-refractivity contribution >= 4 is 23.5 Å². The van der Waals surface area contributed by atoms with Crippen molar-refractivity contribution in [2.45, 2.75) is 39.0 Å². The first-order valence-corrected chi connectivity index (χ1v) is 7.55. The van der Waals surface area contributed by atoms with E-state index in [0.717, 1.165) is 23.7 Å². The number of ether oxygens (including phenoxy) is 1. The molecule has 0 aliphatic carbocycles. The summed E-state index contributed by atoms with van der Waals surface area (Å²) in [6.07, 6.45) is 1.76. The maximum absolute atomic E-state index is 11.6. The summed E-state index contributed by atoms with van der Waals surface area (Å²) in [6.45, 7) is 8.49. The molecule has 5 heteroatoms. The second kappa shape index (κ2) is 7.38. The van der Waals surface area contributed by atoms with Crippen molar-refractivity contribution in [1.29, 1.82) is 0 Å². The molecule has 19 heavy (non-hydrogen) atoms. The molecular formula is C14H22N2O2S. The molecule has 1 aromatic rings. The Labute approximate surface area is 119 Å². The Balaban J connectivity index is 2.43. The van der Waals surface area contributed by atoms with Crippen LogP contribution < -0.4 is 5.32 Å². The van der Waals surface area contributed by atoms with Crippen LogP contribution in [0.15, 0.2) is 18.3 Å². The SMILES string of the molecule is CCNc1ncccc1CSCC(=O)OC(C)(C)C. The van der Waals surface area contributed by atoms with Gasteiger partial charge in [-0.2, -0.15) is 0 Å². The van der Waals surface area contributed by atoms with Gasteiger partial charge >= 0.3 is 5.97 Å². The largest absolute Gasteiger partial charge is 0.459 e. The van der Waals surface area contributed by atoms with Crippen molar-refractivity contribution in [2.75, 3.05) is 17.6 Å². The minimum Gasteiger partial charge on any atom is -0.459 e. The lowest BCUT2D eigenvalue weighted by Gasteiger charge is -2.19. The number of pyridine rings is 1. The number of thioether (sulfide) groups is 1. The van der Waals surface area contributed by atoms with E-state index in [1.165, 1.54) is 0 Å². The molecule has 4 nitrogen and oxygen atoms in total. The first-order chi connectivity index (χ1) is 8.92. The molecule has 0 atom stereocenters. The maximum Gasteiger partial charge on any atom is 0.316 e. The summed E-state index contributed by atoms with van der Waals surface area (Å²) in [4.78, 5) is 15.9. The van der Waals surface area contributed by atoms with Crippen LogP contribution in [0.4, 0.5) is 5.82 Å². The lowest BCUT2D eigenvalue weighted by molar-refractivity contribution is -0.151. The fraction of sp³-hybridized carbons (Fsp3) is 0.571. The van der Waals surface area contributed by atoms with Crippen LogP contribution in [0.25, 0.3) is 0 Å². The minimum atomic E-state index is -0.416. The fourth-order valence-electron chi connectivity index (χ4n) is 1.50. The highest BCUT2D eigenvalue weighted by Crippen LogP contribution is 2.19. The molecule has 0 spiro atoms. The number of nitrogens with zero attached hydrogens (tertiary/aromatic N) is 1. The Morgan fingerprint density at radius 3 is 2.84 bits per heavy atom. The molecule has 0 radical (unpaired) electrons. The Morgan fingerprint density at radius 2 is 2.21 bits per heavy atom. The van der Waals surface area contributed by atoms with Gasteiger partial charge in [-0.1, -0.05) is 6.07 Å². The summed E-state index contributed by atoms with van der Waals surface area (Å²) in [6, 6.07) is 3.93. The highest BCUT2D eigenvalue weighted by Gasteiger charge is 2.16. The summed E-state index contributed by atoms with van der Waals surface area (Å²) in [7, 11) is 0. The molecule has 0 aromatic carbocycles. The lowest BCUT2D eigenvalue weighted by atomic mass is 10.2. The van der Waals surface area contributed by atoms with Crippen molar-refractivity contribution in [3.8, 4) is 0 Å². The van der Waals surface area contributed by atoms with Crippen LogP contribution >= 0.6 is 11.8 Å². The molecule has 1 N–H and O–H groups in total. The van der Waals surface area contributed by atoms with E-state index in [0.29, 0.717) is 5.75 Å². The third-order valence-corrected chi connectivity index (χ3v) is 3.09. The van der Waals surface area contributed by atoms with Gasteiger partial charge in [0.25, 0.3) is 0 Å². The van der Waals surface area contributed by atoms with Crippen molar-refractivity contribution in [3.05, 3.63) is 23.9 Å².